The van der Waals surface area contributed by atoms with Gasteiger partial charge in [0.2, 0.25) is 0 Å². The third-order valence-corrected chi connectivity index (χ3v) is 3.44. The van der Waals surface area contributed by atoms with Crippen molar-refractivity contribution in [3.05, 3.63) is 11.5 Å². The molecule has 0 aliphatic carbocycles. The molecule has 0 unspecified atom stereocenters. The molecule has 52 valence electrons. The minimum absolute atomic E-state index is 0.310. The molecule has 0 saturated heterocycles. The Morgan fingerprint density at radius 3 is 2.22 bits per heavy atom. The van der Waals surface area contributed by atoms with Crippen molar-refractivity contribution in [1.82, 2.24) is 0 Å². The van der Waals surface area contributed by atoms with Crippen LogP contribution < -0.4 is 5.73 Å². The van der Waals surface area contributed by atoms with E-state index in [1.165, 1.54) is 11.5 Å². The Morgan fingerprint density at radius 1 is 1.56 bits per heavy atom. The lowest BCUT2D eigenvalue weighted by Gasteiger charge is -2.05. The first kappa shape index (κ1) is 6.77. The molecule has 0 spiro atoms. The van der Waals surface area contributed by atoms with E-state index >= 15 is 0 Å². The molecule has 0 bridgehead atoms. The van der Waals surface area contributed by atoms with Crippen LogP contribution >= 0.6 is 0 Å². The van der Waals surface area contributed by atoms with Crippen molar-refractivity contribution in [2.75, 3.05) is 0 Å². The summed E-state index contributed by atoms with van der Waals surface area (Å²) in [6.45, 7) is 1.61. The quantitative estimate of drug-likeness (QED) is 0.509. The first-order valence-electron chi connectivity index (χ1n) is 2.72. The summed E-state index contributed by atoms with van der Waals surface area (Å²) in [5.41, 5.74) is 5.39. The maximum atomic E-state index is 10.8. The van der Waals surface area contributed by atoms with Gasteiger partial charge in [-0.3, -0.25) is 0 Å². The van der Waals surface area contributed by atoms with Gasteiger partial charge in [0, 0.05) is 11.4 Å². The van der Waals surface area contributed by atoms with Crippen molar-refractivity contribution in [3.63, 3.8) is 0 Å². The Kier molecular flexibility index (Phi) is 1.36. The van der Waals surface area contributed by atoms with Crippen LogP contribution in [0.2, 0.25) is 0 Å². The molecule has 3 nitrogen and oxygen atoms in total. The molecule has 0 aromatic carbocycles. The molecule has 0 saturated carbocycles. The summed E-state index contributed by atoms with van der Waals surface area (Å²) in [6.07, 6.45) is 1.51. The summed E-state index contributed by atoms with van der Waals surface area (Å²) in [7, 11) is -2.98. The van der Waals surface area contributed by atoms with E-state index in [0.29, 0.717) is 0 Å². The molecule has 4 heteroatoms. The molecule has 0 aromatic heterocycles. The van der Waals surface area contributed by atoms with Gasteiger partial charge in [-0.05, 0) is 6.92 Å². The summed E-state index contributed by atoms with van der Waals surface area (Å²) in [4.78, 5) is 0. The first-order valence-corrected chi connectivity index (χ1v) is 4.32. The van der Waals surface area contributed by atoms with Crippen LogP contribution in [0.4, 0.5) is 0 Å². The van der Waals surface area contributed by atoms with Gasteiger partial charge in [0.25, 0.3) is 0 Å². The molecular formula is C5H9NO2S. The van der Waals surface area contributed by atoms with Gasteiger partial charge in [0.15, 0.2) is 9.84 Å². The second-order valence-electron chi connectivity index (χ2n) is 2.20. The van der Waals surface area contributed by atoms with Gasteiger partial charge >= 0.3 is 0 Å². The number of nitrogens with two attached hydrogens (primary N) is 1. The lowest BCUT2D eigenvalue weighted by atomic mass is 10.2. The fourth-order valence-electron chi connectivity index (χ4n) is 0.700. The standard InChI is InChI=1S/C5H9NO2S/c1-4-5(6)2-3-9(4,7)8/h2-5H,6H2,1H3/t4-,5+/m1/s1. The van der Waals surface area contributed by atoms with Crippen molar-refractivity contribution >= 4 is 9.84 Å². The minimum atomic E-state index is -2.98. The molecule has 2 atom stereocenters. The normalized spacial score (nSPS) is 39.3. The molecule has 2 N–H and O–H groups in total. The van der Waals surface area contributed by atoms with Crippen molar-refractivity contribution in [3.8, 4) is 0 Å². The highest BCUT2D eigenvalue weighted by molar-refractivity contribution is 7.95. The van der Waals surface area contributed by atoms with Crippen molar-refractivity contribution < 1.29 is 8.42 Å². The monoisotopic (exact) mass is 147 g/mol. The molecule has 1 aliphatic heterocycles. The average Bonchev–Trinajstić information content (AvgIpc) is 1.97. The van der Waals surface area contributed by atoms with Crippen LogP contribution in [0.25, 0.3) is 0 Å². The molecule has 0 fully saturated rings. The largest absolute Gasteiger partial charge is 0.323 e. The third-order valence-electron chi connectivity index (χ3n) is 1.55. The molecule has 1 aliphatic rings. The van der Waals surface area contributed by atoms with Crippen LogP contribution in [0.15, 0.2) is 11.5 Å². The van der Waals surface area contributed by atoms with Crippen LogP contribution in [0, 0.1) is 0 Å². The van der Waals surface area contributed by atoms with E-state index in [2.05, 4.69) is 0 Å². The highest BCUT2D eigenvalue weighted by atomic mass is 32.2. The molecule has 0 amide bonds. The maximum Gasteiger partial charge on any atom is 0.175 e. The van der Waals surface area contributed by atoms with Gasteiger partial charge in [-0.1, -0.05) is 6.08 Å². The van der Waals surface area contributed by atoms with Gasteiger partial charge in [-0.2, -0.15) is 0 Å². The summed E-state index contributed by atoms with van der Waals surface area (Å²) >= 11 is 0. The Balaban J connectivity index is 3.01. The molecular weight excluding hydrogens is 138 g/mol. The fourth-order valence-corrected chi connectivity index (χ4v) is 1.88. The van der Waals surface area contributed by atoms with E-state index in [9.17, 15) is 8.42 Å². The minimum Gasteiger partial charge on any atom is -0.323 e. The van der Waals surface area contributed by atoms with Crippen molar-refractivity contribution in [2.45, 2.75) is 18.2 Å². The zero-order valence-corrected chi connectivity index (χ0v) is 5.93. The van der Waals surface area contributed by atoms with E-state index in [4.69, 9.17) is 5.73 Å². The Hall–Kier alpha value is -0.350. The Labute approximate surface area is 54.5 Å². The van der Waals surface area contributed by atoms with Crippen LogP contribution in [-0.2, 0) is 9.84 Å². The van der Waals surface area contributed by atoms with E-state index in [1.54, 1.807) is 6.92 Å². The highest BCUT2D eigenvalue weighted by Gasteiger charge is 2.28. The van der Waals surface area contributed by atoms with Gasteiger partial charge in [-0.25, -0.2) is 8.42 Å². The number of rotatable bonds is 0. The van der Waals surface area contributed by atoms with Crippen LogP contribution in [0.3, 0.4) is 0 Å². The topological polar surface area (TPSA) is 60.2 Å². The van der Waals surface area contributed by atoms with Crippen molar-refractivity contribution in [1.29, 1.82) is 0 Å². The molecule has 0 aromatic rings. The van der Waals surface area contributed by atoms with E-state index in [1.807, 2.05) is 0 Å². The fraction of sp³-hybridized carbons (Fsp3) is 0.600. The molecule has 0 radical (unpaired) electrons. The predicted molar refractivity (Wildman–Crippen MR) is 35.5 cm³/mol. The molecule has 1 rings (SSSR count). The van der Waals surface area contributed by atoms with E-state index < -0.39 is 15.1 Å². The highest BCUT2D eigenvalue weighted by Crippen LogP contribution is 2.14. The number of hydrogen-bond acceptors (Lipinski definition) is 3. The summed E-state index contributed by atoms with van der Waals surface area (Å²) in [6, 6.07) is -0.310. The molecule has 1 heterocycles. The first-order chi connectivity index (χ1) is 4.04. The van der Waals surface area contributed by atoms with Gasteiger partial charge in [-0.15, -0.1) is 0 Å². The summed E-state index contributed by atoms with van der Waals surface area (Å²) in [5.74, 6) is 0. The summed E-state index contributed by atoms with van der Waals surface area (Å²) in [5, 5.41) is 0.750. The average molecular weight is 147 g/mol. The Bertz CT molecular complexity index is 229. The SMILES string of the molecule is C[C@@H]1[C@@H](N)C=CS1(=O)=O. The zero-order chi connectivity index (χ0) is 7.07. The summed E-state index contributed by atoms with van der Waals surface area (Å²) < 4.78 is 21.6. The number of sulfone groups is 1. The lowest BCUT2D eigenvalue weighted by Crippen LogP contribution is -2.30. The predicted octanol–water partition coefficient (Wildman–Crippen LogP) is -0.356. The third kappa shape index (κ3) is 0.997. The van der Waals surface area contributed by atoms with Gasteiger partial charge in [0.1, 0.15) is 0 Å². The van der Waals surface area contributed by atoms with Crippen LogP contribution in [-0.4, -0.2) is 19.7 Å². The van der Waals surface area contributed by atoms with Crippen LogP contribution in [0.5, 0.6) is 0 Å². The van der Waals surface area contributed by atoms with Gasteiger partial charge in [0.05, 0.1) is 5.25 Å². The second kappa shape index (κ2) is 1.82. The van der Waals surface area contributed by atoms with E-state index in [-0.39, 0.29) is 6.04 Å². The smallest absolute Gasteiger partial charge is 0.175 e. The Morgan fingerprint density at radius 2 is 2.11 bits per heavy atom. The maximum absolute atomic E-state index is 10.8. The second-order valence-corrected chi connectivity index (χ2v) is 4.39. The number of hydrogen-bond donors (Lipinski definition) is 1. The van der Waals surface area contributed by atoms with Gasteiger partial charge < -0.3 is 5.73 Å². The lowest BCUT2D eigenvalue weighted by molar-refractivity contribution is 0.590. The zero-order valence-electron chi connectivity index (χ0n) is 5.11. The van der Waals surface area contributed by atoms with E-state index in [0.717, 1.165) is 0 Å². The molecule has 9 heavy (non-hydrogen) atoms. The van der Waals surface area contributed by atoms with Crippen LogP contribution in [0.1, 0.15) is 6.92 Å². The van der Waals surface area contributed by atoms with Crippen molar-refractivity contribution in [2.24, 2.45) is 5.73 Å².